The molecule has 0 N–H and O–H groups in total. The summed E-state index contributed by atoms with van der Waals surface area (Å²) in [5, 5.41) is 8.17. The summed E-state index contributed by atoms with van der Waals surface area (Å²) >= 11 is 0. The Bertz CT molecular complexity index is 537. The van der Waals surface area contributed by atoms with Gasteiger partial charge in [0.25, 0.3) is 0 Å². The normalized spacial score (nSPS) is 16.2. The van der Waals surface area contributed by atoms with E-state index in [4.69, 9.17) is 0 Å². The molecule has 0 unspecified atom stereocenters. The number of hydrogen-bond acceptors (Lipinski definition) is 5. The number of carbonyl (C=O) groups excluding carboxylic acids is 1. The molecule has 1 amide bonds. The van der Waals surface area contributed by atoms with Gasteiger partial charge in [0.15, 0.2) is 5.82 Å². The van der Waals surface area contributed by atoms with Crippen LogP contribution in [0.25, 0.3) is 0 Å². The third-order valence-corrected chi connectivity index (χ3v) is 3.68. The first-order chi connectivity index (χ1) is 11.3. The van der Waals surface area contributed by atoms with E-state index in [1.54, 1.807) is 4.90 Å². The van der Waals surface area contributed by atoms with Gasteiger partial charge in [-0.05, 0) is 25.5 Å². The fourth-order valence-corrected chi connectivity index (χ4v) is 2.46. The standard InChI is InChI=1S/C15H21F3N4O2/c1-12-3-4-13(20-19-12)21-6-2-7-22(9-8-21)14(23)5-10-24-11-15(16,17)18/h3-4H,2,5-11H2,1H3. The fraction of sp³-hybridized carbons (Fsp3) is 0.667. The summed E-state index contributed by atoms with van der Waals surface area (Å²) in [6, 6.07) is 3.78. The summed E-state index contributed by atoms with van der Waals surface area (Å²) in [6.45, 7) is 2.78. The molecule has 24 heavy (non-hydrogen) atoms. The number of aryl methyl sites for hydroxylation is 1. The first kappa shape index (κ1) is 18.4. The molecule has 0 aliphatic carbocycles. The van der Waals surface area contributed by atoms with Crippen molar-refractivity contribution in [2.24, 2.45) is 0 Å². The van der Waals surface area contributed by atoms with Crippen LogP contribution in [0, 0.1) is 6.92 Å². The highest BCUT2D eigenvalue weighted by Gasteiger charge is 2.27. The number of rotatable bonds is 5. The molecular formula is C15H21F3N4O2. The Morgan fingerprint density at radius 3 is 2.67 bits per heavy atom. The molecule has 134 valence electrons. The van der Waals surface area contributed by atoms with Crippen molar-refractivity contribution in [2.75, 3.05) is 44.3 Å². The van der Waals surface area contributed by atoms with E-state index < -0.39 is 12.8 Å². The van der Waals surface area contributed by atoms with Gasteiger partial charge in [-0.3, -0.25) is 4.79 Å². The van der Waals surface area contributed by atoms with Gasteiger partial charge in [0, 0.05) is 26.2 Å². The third-order valence-electron chi connectivity index (χ3n) is 3.68. The Hall–Kier alpha value is -1.90. The maximum absolute atomic E-state index is 12.1. The first-order valence-corrected chi connectivity index (χ1v) is 7.83. The number of aromatic nitrogens is 2. The number of hydrogen-bond donors (Lipinski definition) is 0. The van der Waals surface area contributed by atoms with Crippen LogP contribution in [-0.4, -0.2) is 66.6 Å². The summed E-state index contributed by atoms with van der Waals surface area (Å²) in [5.41, 5.74) is 0.837. The molecule has 9 heteroatoms. The van der Waals surface area contributed by atoms with Gasteiger partial charge in [0.05, 0.1) is 18.7 Å². The molecule has 2 rings (SSSR count). The van der Waals surface area contributed by atoms with E-state index >= 15 is 0 Å². The zero-order valence-electron chi connectivity index (χ0n) is 13.6. The maximum atomic E-state index is 12.1. The minimum absolute atomic E-state index is 0.0413. The molecule has 0 bridgehead atoms. The molecule has 1 aromatic rings. The molecule has 6 nitrogen and oxygen atoms in total. The Balaban J connectivity index is 1.77. The monoisotopic (exact) mass is 346 g/mol. The van der Waals surface area contributed by atoms with E-state index in [0.717, 1.165) is 24.5 Å². The van der Waals surface area contributed by atoms with Crippen LogP contribution < -0.4 is 4.90 Å². The van der Waals surface area contributed by atoms with E-state index in [9.17, 15) is 18.0 Å². The first-order valence-electron chi connectivity index (χ1n) is 7.83. The van der Waals surface area contributed by atoms with E-state index in [-0.39, 0.29) is 18.9 Å². The molecule has 0 aromatic carbocycles. The van der Waals surface area contributed by atoms with Crippen LogP contribution in [0.3, 0.4) is 0 Å². The highest BCUT2D eigenvalue weighted by molar-refractivity contribution is 5.76. The van der Waals surface area contributed by atoms with Gasteiger partial charge >= 0.3 is 6.18 Å². The topological polar surface area (TPSA) is 58.6 Å². The number of alkyl halides is 3. The van der Waals surface area contributed by atoms with Gasteiger partial charge in [0.2, 0.25) is 5.91 Å². The highest BCUT2D eigenvalue weighted by Crippen LogP contribution is 2.15. The van der Waals surface area contributed by atoms with Crippen LogP contribution in [0.2, 0.25) is 0 Å². The number of nitrogens with zero attached hydrogens (tertiary/aromatic N) is 4. The van der Waals surface area contributed by atoms with Crippen LogP contribution in [-0.2, 0) is 9.53 Å². The van der Waals surface area contributed by atoms with Gasteiger partial charge in [-0.15, -0.1) is 5.10 Å². The molecule has 1 aliphatic heterocycles. The molecule has 0 saturated carbocycles. The average Bonchev–Trinajstić information content (AvgIpc) is 2.77. The quantitative estimate of drug-likeness (QED) is 0.761. The Kier molecular flexibility index (Phi) is 6.36. The SMILES string of the molecule is Cc1ccc(N2CCCN(C(=O)CCOCC(F)(F)F)CC2)nn1. The number of amides is 1. The second kappa shape index (κ2) is 8.27. The van der Waals surface area contributed by atoms with Gasteiger partial charge in [0.1, 0.15) is 6.61 Å². The second-order valence-corrected chi connectivity index (χ2v) is 5.67. The van der Waals surface area contributed by atoms with Crippen molar-refractivity contribution >= 4 is 11.7 Å². The second-order valence-electron chi connectivity index (χ2n) is 5.67. The molecule has 1 saturated heterocycles. The van der Waals surface area contributed by atoms with Crippen molar-refractivity contribution in [3.8, 4) is 0 Å². The van der Waals surface area contributed by atoms with Crippen LogP contribution in [0.5, 0.6) is 0 Å². The van der Waals surface area contributed by atoms with Gasteiger partial charge in [-0.1, -0.05) is 0 Å². The van der Waals surface area contributed by atoms with Gasteiger partial charge in [-0.25, -0.2) is 0 Å². The van der Waals surface area contributed by atoms with Crippen LogP contribution in [0.4, 0.5) is 19.0 Å². The van der Waals surface area contributed by atoms with Crippen LogP contribution in [0.1, 0.15) is 18.5 Å². The van der Waals surface area contributed by atoms with Crippen LogP contribution in [0.15, 0.2) is 12.1 Å². The summed E-state index contributed by atoms with van der Waals surface area (Å²) in [7, 11) is 0. The van der Waals surface area contributed by atoms with Crippen molar-refractivity contribution in [2.45, 2.75) is 25.9 Å². The van der Waals surface area contributed by atoms with Gasteiger partial charge < -0.3 is 14.5 Å². The molecular weight excluding hydrogens is 325 g/mol. The fourth-order valence-electron chi connectivity index (χ4n) is 2.46. The highest BCUT2D eigenvalue weighted by atomic mass is 19.4. The molecule has 1 aromatic heterocycles. The lowest BCUT2D eigenvalue weighted by atomic mass is 10.3. The Morgan fingerprint density at radius 1 is 1.21 bits per heavy atom. The molecule has 1 fully saturated rings. The lowest BCUT2D eigenvalue weighted by Gasteiger charge is -2.22. The predicted octanol–water partition coefficient (Wildman–Crippen LogP) is 1.79. The molecule has 1 aliphatic rings. The van der Waals surface area contributed by atoms with Gasteiger partial charge in [-0.2, -0.15) is 18.3 Å². The maximum Gasteiger partial charge on any atom is 0.411 e. The van der Waals surface area contributed by atoms with Crippen molar-refractivity contribution in [3.05, 3.63) is 17.8 Å². The average molecular weight is 346 g/mol. The van der Waals surface area contributed by atoms with Crippen molar-refractivity contribution in [1.82, 2.24) is 15.1 Å². The summed E-state index contributed by atoms with van der Waals surface area (Å²) in [4.78, 5) is 15.8. The minimum atomic E-state index is -4.36. The van der Waals surface area contributed by atoms with E-state index in [1.807, 2.05) is 19.1 Å². The van der Waals surface area contributed by atoms with Crippen molar-refractivity contribution < 1.29 is 22.7 Å². The summed E-state index contributed by atoms with van der Waals surface area (Å²) in [6.07, 6.45) is -3.63. The Morgan fingerprint density at radius 2 is 2.00 bits per heavy atom. The predicted molar refractivity (Wildman–Crippen MR) is 81.7 cm³/mol. The smallest absolute Gasteiger partial charge is 0.372 e. The minimum Gasteiger partial charge on any atom is -0.372 e. The number of halogens is 3. The largest absolute Gasteiger partial charge is 0.411 e. The van der Waals surface area contributed by atoms with E-state index in [2.05, 4.69) is 19.8 Å². The summed E-state index contributed by atoms with van der Waals surface area (Å²) < 4.78 is 40.4. The molecule has 2 heterocycles. The zero-order valence-corrected chi connectivity index (χ0v) is 13.6. The summed E-state index contributed by atoms with van der Waals surface area (Å²) in [5.74, 6) is 0.581. The number of carbonyl (C=O) groups is 1. The van der Waals surface area contributed by atoms with E-state index in [1.165, 1.54) is 0 Å². The third kappa shape index (κ3) is 5.95. The molecule has 0 spiro atoms. The number of anilines is 1. The molecule has 0 radical (unpaired) electrons. The van der Waals surface area contributed by atoms with E-state index in [0.29, 0.717) is 19.6 Å². The Labute approximate surface area is 138 Å². The van der Waals surface area contributed by atoms with Crippen LogP contribution >= 0.6 is 0 Å². The van der Waals surface area contributed by atoms with Crippen molar-refractivity contribution in [3.63, 3.8) is 0 Å². The lowest BCUT2D eigenvalue weighted by Crippen LogP contribution is -2.36. The molecule has 0 atom stereocenters. The number of ether oxygens (including phenoxy) is 1. The lowest BCUT2D eigenvalue weighted by molar-refractivity contribution is -0.175. The van der Waals surface area contributed by atoms with Crippen molar-refractivity contribution in [1.29, 1.82) is 0 Å². The zero-order chi connectivity index (χ0) is 17.6.